The van der Waals surface area contributed by atoms with Crippen molar-refractivity contribution in [1.82, 2.24) is 0 Å². The summed E-state index contributed by atoms with van der Waals surface area (Å²) in [7, 11) is 0. The highest BCUT2D eigenvalue weighted by Gasteiger charge is 2.39. The van der Waals surface area contributed by atoms with Crippen molar-refractivity contribution in [2.24, 2.45) is 5.92 Å². The highest BCUT2D eigenvalue weighted by Crippen LogP contribution is 2.35. The second-order valence-electron chi connectivity index (χ2n) is 3.85. The molecule has 1 aromatic rings. The summed E-state index contributed by atoms with van der Waals surface area (Å²) in [6.07, 6.45) is 0.0405. The van der Waals surface area contributed by atoms with Crippen molar-refractivity contribution < 1.29 is 9.53 Å². The maximum absolute atomic E-state index is 11.6. The van der Waals surface area contributed by atoms with E-state index >= 15 is 0 Å². The van der Waals surface area contributed by atoms with Crippen LogP contribution < -0.4 is 0 Å². The second kappa shape index (κ2) is 4.27. The van der Waals surface area contributed by atoms with E-state index < -0.39 is 0 Å². The first kappa shape index (κ1) is 10.6. The van der Waals surface area contributed by atoms with Crippen molar-refractivity contribution in [2.75, 3.05) is 0 Å². The predicted molar refractivity (Wildman–Crippen MR) is 60.8 cm³/mol. The number of rotatable bonds is 2. The lowest BCUT2D eigenvalue weighted by Gasteiger charge is -2.11. The fourth-order valence-electron chi connectivity index (χ4n) is 1.62. The molecule has 0 spiro atoms. The van der Waals surface area contributed by atoms with Gasteiger partial charge in [-0.3, -0.25) is 4.79 Å². The van der Waals surface area contributed by atoms with Gasteiger partial charge in [0.05, 0.1) is 0 Å². The van der Waals surface area contributed by atoms with Crippen molar-refractivity contribution in [3.63, 3.8) is 0 Å². The topological polar surface area (TPSA) is 26.3 Å². The molecule has 3 heteroatoms. The lowest BCUT2D eigenvalue weighted by molar-refractivity contribution is -0.140. The van der Waals surface area contributed by atoms with Gasteiger partial charge in [-0.05, 0) is 19.1 Å². The summed E-state index contributed by atoms with van der Waals surface area (Å²) in [6.45, 7) is 4.02. The van der Waals surface area contributed by atoms with Crippen molar-refractivity contribution in [2.45, 2.75) is 30.1 Å². The lowest BCUT2D eigenvalue weighted by Crippen LogP contribution is -2.17. The van der Waals surface area contributed by atoms with Gasteiger partial charge in [0, 0.05) is 10.8 Å². The van der Waals surface area contributed by atoms with Crippen LogP contribution in [0.4, 0.5) is 0 Å². The third-order valence-electron chi connectivity index (χ3n) is 2.76. The number of ether oxygens (including phenoxy) is 1. The molecule has 0 saturated carbocycles. The first-order chi connectivity index (χ1) is 7.18. The van der Waals surface area contributed by atoms with E-state index in [1.807, 2.05) is 37.3 Å². The zero-order valence-electron chi connectivity index (χ0n) is 8.84. The van der Waals surface area contributed by atoms with Crippen LogP contribution in [0.25, 0.3) is 0 Å². The average Bonchev–Trinajstić information content (AvgIpc) is 2.47. The minimum Gasteiger partial charge on any atom is -0.461 e. The molecule has 3 atom stereocenters. The highest BCUT2D eigenvalue weighted by atomic mass is 32.2. The largest absolute Gasteiger partial charge is 0.461 e. The van der Waals surface area contributed by atoms with Crippen LogP contribution in [0.2, 0.25) is 0 Å². The van der Waals surface area contributed by atoms with E-state index in [9.17, 15) is 4.79 Å². The van der Waals surface area contributed by atoms with Crippen molar-refractivity contribution in [1.29, 1.82) is 0 Å². The van der Waals surface area contributed by atoms with Crippen LogP contribution in [0.5, 0.6) is 0 Å². The molecule has 1 aromatic carbocycles. The van der Waals surface area contributed by atoms with E-state index in [2.05, 4.69) is 6.92 Å². The van der Waals surface area contributed by atoms with Gasteiger partial charge in [-0.2, -0.15) is 0 Å². The van der Waals surface area contributed by atoms with Gasteiger partial charge >= 0.3 is 5.97 Å². The minimum atomic E-state index is -0.0798. The summed E-state index contributed by atoms with van der Waals surface area (Å²) < 4.78 is 5.20. The molecule has 0 aromatic heterocycles. The maximum Gasteiger partial charge on any atom is 0.320 e. The lowest BCUT2D eigenvalue weighted by atomic mass is 10.1. The summed E-state index contributed by atoms with van der Waals surface area (Å²) >= 11 is 1.60. The predicted octanol–water partition coefficient (Wildman–Crippen LogP) is 2.73. The summed E-state index contributed by atoms with van der Waals surface area (Å²) in [5.41, 5.74) is 0. The SMILES string of the molecule is CC1OC(=O)C(Sc2ccccc2)C1C. The Kier molecular flexibility index (Phi) is 3.00. The van der Waals surface area contributed by atoms with Gasteiger partial charge in [0.1, 0.15) is 11.4 Å². The van der Waals surface area contributed by atoms with Crippen molar-refractivity contribution >= 4 is 17.7 Å². The van der Waals surface area contributed by atoms with E-state index in [4.69, 9.17) is 4.74 Å². The average molecular weight is 222 g/mol. The Balaban J connectivity index is 2.09. The molecular formula is C12H14O2S. The molecule has 1 aliphatic rings. The van der Waals surface area contributed by atoms with Crippen LogP contribution in [-0.2, 0) is 9.53 Å². The van der Waals surface area contributed by atoms with E-state index in [1.54, 1.807) is 11.8 Å². The Morgan fingerprint density at radius 3 is 2.40 bits per heavy atom. The molecule has 80 valence electrons. The minimum absolute atomic E-state index is 0.0405. The number of benzene rings is 1. The monoisotopic (exact) mass is 222 g/mol. The molecule has 0 aliphatic carbocycles. The Bertz CT molecular complexity index is 350. The standard InChI is InChI=1S/C12H14O2S/c1-8-9(2)14-12(13)11(8)15-10-6-4-3-5-7-10/h3-9,11H,1-2H3. The molecule has 15 heavy (non-hydrogen) atoms. The molecular weight excluding hydrogens is 208 g/mol. The van der Waals surface area contributed by atoms with Gasteiger partial charge < -0.3 is 4.74 Å². The summed E-state index contributed by atoms with van der Waals surface area (Å²) in [6, 6.07) is 9.98. The van der Waals surface area contributed by atoms with Gasteiger partial charge in [-0.1, -0.05) is 25.1 Å². The second-order valence-corrected chi connectivity index (χ2v) is 5.07. The third kappa shape index (κ3) is 2.17. The van der Waals surface area contributed by atoms with E-state index in [0.717, 1.165) is 4.90 Å². The molecule has 1 fully saturated rings. The normalized spacial score (nSPS) is 30.3. The van der Waals surface area contributed by atoms with Crippen LogP contribution >= 0.6 is 11.8 Å². The van der Waals surface area contributed by atoms with Gasteiger partial charge in [-0.25, -0.2) is 0 Å². The maximum atomic E-state index is 11.6. The van der Waals surface area contributed by atoms with Gasteiger partial charge in [0.25, 0.3) is 0 Å². The quantitative estimate of drug-likeness (QED) is 0.720. The van der Waals surface area contributed by atoms with Crippen LogP contribution in [-0.4, -0.2) is 17.3 Å². The number of thioether (sulfide) groups is 1. The van der Waals surface area contributed by atoms with Crippen LogP contribution in [0, 0.1) is 5.92 Å². The number of hydrogen-bond donors (Lipinski definition) is 0. The fourth-order valence-corrected chi connectivity index (χ4v) is 2.81. The first-order valence-corrected chi connectivity index (χ1v) is 5.98. The number of esters is 1. The van der Waals surface area contributed by atoms with E-state index in [1.165, 1.54) is 0 Å². The van der Waals surface area contributed by atoms with Gasteiger partial charge in [0.2, 0.25) is 0 Å². The number of carbonyl (C=O) groups is 1. The molecule has 2 nitrogen and oxygen atoms in total. The zero-order valence-corrected chi connectivity index (χ0v) is 9.66. The first-order valence-electron chi connectivity index (χ1n) is 5.10. The Labute approximate surface area is 94.0 Å². The van der Waals surface area contributed by atoms with E-state index in [0.29, 0.717) is 0 Å². The fraction of sp³-hybridized carbons (Fsp3) is 0.417. The number of carbonyl (C=O) groups excluding carboxylic acids is 1. The third-order valence-corrected chi connectivity index (χ3v) is 4.18. The molecule has 1 heterocycles. The van der Waals surface area contributed by atoms with Crippen LogP contribution in [0.15, 0.2) is 35.2 Å². The molecule has 0 N–H and O–H groups in total. The zero-order chi connectivity index (χ0) is 10.8. The molecule has 0 amide bonds. The van der Waals surface area contributed by atoms with Crippen molar-refractivity contribution in [3.8, 4) is 0 Å². The van der Waals surface area contributed by atoms with E-state index in [-0.39, 0.29) is 23.2 Å². The summed E-state index contributed by atoms with van der Waals surface area (Å²) in [4.78, 5) is 12.7. The molecule has 2 rings (SSSR count). The van der Waals surface area contributed by atoms with Crippen LogP contribution in [0.1, 0.15) is 13.8 Å². The Morgan fingerprint density at radius 2 is 1.87 bits per heavy atom. The summed E-state index contributed by atoms with van der Waals surface area (Å²) in [5, 5.41) is -0.0533. The Hall–Kier alpha value is -0.960. The van der Waals surface area contributed by atoms with Gasteiger partial charge in [0.15, 0.2) is 0 Å². The van der Waals surface area contributed by atoms with Gasteiger partial charge in [-0.15, -0.1) is 11.8 Å². The Morgan fingerprint density at radius 1 is 1.20 bits per heavy atom. The molecule has 3 unspecified atom stereocenters. The molecule has 1 aliphatic heterocycles. The molecule has 1 saturated heterocycles. The smallest absolute Gasteiger partial charge is 0.320 e. The molecule has 0 radical (unpaired) electrons. The highest BCUT2D eigenvalue weighted by molar-refractivity contribution is 8.00. The summed E-state index contributed by atoms with van der Waals surface area (Å²) in [5.74, 6) is 0.201. The number of hydrogen-bond acceptors (Lipinski definition) is 3. The number of cyclic esters (lactones) is 1. The molecule has 0 bridgehead atoms. The van der Waals surface area contributed by atoms with Crippen LogP contribution in [0.3, 0.4) is 0 Å². The van der Waals surface area contributed by atoms with Crippen molar-refractivity contribution in [3.05, 3.63) is 30.3 Å².